The van der Waals surface area contributed by atoms with Crippen molar-refractivity contribution < 1.29 is 9.21 Å². The maximum absolute atomic E-state index is 13.1. The Hall–Kier alpha value is -2.42. The number of carbonyl (C=O) groups is 1. The van der Waals surface area contributed by atoms with Crippen molar-refractivity contribution in [2.45, 2.75) is 24.1 Å². The molecular weight excluding hydrogens is 434 g/mol. The van der Waals surface area contributed by atoms with Crippen LogP contribution in [0.2, 0.25) is 0 Å². The number of benzene rings is 1. The largest absolute Gasteiger partial charge is 0.416 e. The van der Waals surface area contributed by atoms with Gasteiger partial charge in [-0.25, -0.2) is 0 Å². The predicted octanol–water partition coefficient (Wildman–Crippen LogP) is 5.05. The van der Waals surface area contributed by atoms with E-state index in [1.807, 2.05) is 41.3 Å². The van der Waals surface area contributed by atoms with Crippen molar-refractivity contribution in [2.24, 2.45) is 0 Å². The Balaban J connectivity index is 1.26. The number of hydrogen-bond acceptors (Lipinski definition) is 7. The molecule has 1 aromatic carbocycles. The first kappa shape index (κ1) is 19.5. The van der Waals surface area contributed by atoms with Gasteiger partial charge in [0.1, 0.15) is 0 Å². The molecule has 1 aliphatic rings. The fourth-order valence-electron chi connectivity index (χ4n) is 3.68. The molecule has 0 aliphatic carbocycles. The first-order chi connectivity index (χ1) is 14.8. The van der Waals surface area contributed by atoms with Gasteiger partial charge in [0.15, 0.2) is 0 Å². The van der Waals surface area contributed by atoms with Gasteiger partial charge in [-0.05, 0) is 40.4 Å². The lowest BCUT2D eigenvalue weighted by atomic mass is 9.98. The van der Waals surface area contributed by atoms with Crippen LogP contribution in [0.5, 0.6) is 0 Å². The standard InChI is InChI=1S/C22H19N3O2S3/c26-20(14-30-22-24-23-19(27-22)13-15-5-2-1-3-6-15)25-10-8-17-16(9-12-29-17)21(25)18-7-4-11-28-18/h1-7,9,11-12,21H,8,10,13-14H2. The van der Waals surface area contributed by atoms with Crippen molar-refractivity contribution in [3.63, 3.8) is 0 Å². The molecule has 0 fully saturated rings. The average molecular weight is 454 g/mol. The third-order valence-corrected chi connectivity index (χ3v) is 7.79. The van der Waals surface area contributed by atoms with Crippen molar-refractivity contribution >= 4 is 40.3 Å². The molecule has 5 rings (SSSR count). The van der Waals surface area contributed by atoms with Crippen LogP contribution in [0.1, 0.15) is 32.8 Å². The second-order valence-electron chi connectivity index (χ2n) is 6.97. The van der Waals surface area contributed by atoms with Gasteiger partial charge in [0.2, 0.25) is 11.8 Å². The summed E-state index contributed by atoms with van der Waals surface area (Å²) >= 11 is 4.79. The van der Waals surface area contributed by atoms with Crippen LogP contribution in [0, 0.1) is 0 Å². The zero-order valence-corrected chi connectivity index (χ0v) is 18.5. The second-order valence-corrected chi connectivity index (χ2v) is 9.87. The molecule has 0 spiro atoms. The Labute approximate surface area is 186 Å². The molecule has 5 nitrogen and oxygen atoms in total. The topological polar surface area (TPSA) is 59.2 Å². The second kappa shape index (κ2) is 8.75. The molecule has 4 aromatic rings. The fourth-order valence-corrected chi connectivity index (χ4v) is 6.11. The van der Waals surface area contributed by atoms with Crippen LogP contribution in [-0.2, 0) is 17.6 Å². The van der Waals surface area contributed by atoms with Crippen LogP contribution >= 0.6 is 34.4 Å². The molecule has 1 amide bonds. The summed E-state index contributed by atoms with van der Waals surface area (Å²) < 4.78 is 5.74. The summed E-state index contributed by atoms with van der Waals surface area (Å²) in [5.74, 6) is 0.945. The SMILES string of the molecule is O=C(CSc1nnc(Cc2ccccc2)o1)N1CCc2sccc2C1c1cccs1. The van der Waals surface area contributed by atoms with Crippen molar-refractivity contribution in [1.82, 2.24) is 15.1 Å². The molecule has 0 radical (unpaired) electrons. The molecule has 1 unspecified atom stereocenters. The Morgan fingerprint density at radius 3 is 2.83 bits per heavy atom. The normalized spacial score (nSPS) is 15.9. The highest BCUT2D eigenvalue weighted by Gasteiger charge is 2.33. The lowest BCUT2D eigenvalue weighted by Gasteiger charge is -2.35. The number of thioether (sulfide) groups is 1. The minimum atomic E-state index is 0.00410. The number of rotatable bonds is 6. The van der Waals surface area contributed by atoms with E-state index in [0.29, 0.717) is 17.5 Å². The molecule has 0 saturated heterocycles. The van der Waals surface area contributed by atoms with Gasteiger partial charge >= 0.3 is 0 Å². The Kier molecular flexibility index (Phi) is 5.70. The molecule has 8 heteroatoms. The minimum absolute atomic E-state index is 0.00410. The summed E-state index contributed by atoms with van der Waals surface area (Å²) in [5, 5.41) is 12.9. The molecule has 30 heavy (non-hydrogen) atoms. The van der Waals surface area contributed by atoms with Crippen molar-refractivity contribution in [3.05, 3.63) is 86.1 Å². The van der Waals surface area contributed by atoms with Crippen LogP contribution in [0.4, 0.5) is 0 Å². The first-order valence-electron chi connectivity index (χ1n) is 9.66. The number of nitrogens with zero attached hydrogens (tertiary/aromatic N) is 3. The summed E-state index contributed by atoms with van der Waals surface area (Å²) in [5.41, 5.74) is 2.38. The fraction of sp³-hybridized carbons (Fsp3) is 0.227. The van der Waals surface area contributed by atoms with Gasteiger partial charge in [-0.1, -0.05) is 48.2 Å². The average Bonchev–Trinajstić information content (AvgIpc) is 3.53. The Morgan fingerprint density at radius 2 is 2.00 bits per heavy atom. The lowest BCUT2D eigenvalue weighted by molar-refractivity contribution is -0.130. The Bertz CT molecular complexity index is 1120. The minimum Gasteiger partial charge on any atom is -0.416 e. The van der Waals surface area contributed by atoms with E-state index in [0.717, 1.165) is 18.5 Å². The van der Waals surface area contributed by atoms with E-state index in [-0.39, 0.29) is 17.7 Å². The van der Waals surface area contributed by atoms with Crippen LogP contribution < -0.4 is 0 Å². The number of fused-ring (bicyclic) bond motifs is 1. The molecule has 0 bridgehead atoms. The number of hydrogen-bond donors (Lipinski definition) is 0. The van der Waals surface area contributed by atoms with Gasteiger partial charge in [0.05, 0.1) is 18.2 Å². The van der Waals surface area contributed by atoms with Crippen LogP contribution in [0.25, 0.3) is 0 Å². The zero-order chi connectivity index (χ0) is 20.3. The molecular formula is C22H19N3O2S3. The van der Waals surface area contributed by atoms with Crippen LogP contribution in [0.3, 0.4) is 0 Å². The van der Waals surface area contributed by atoms with E-state index < -0.39 is 0 Å². The monoisotopic (exact) mass is 453 g/mol. The third-order valence-electron chi connectivity index (χ3n) is 5.06. The number of amides is 1. The van der Waals surface area contributed by atoms with E-state index in [1.165, 1.54) is 27.1 Å². The molecule has 152 valence electrons. The quantitative estimate of drug-likeness (QED) is 0.382. The maximum Gasteiger partial charge on any atom is 0.277 e. The van der Waals surface area contributed by atoms with Crippen LogP contribution in [-0.4, -0.2) is 33.3 Å². The van der Waals surface area contributed by atoms with E-state index >= 15 is 0 Å². The van der Waals surface area contributed by atoms with E-state index in [1.54, 1.807) is 22.7 Å². The van der Waals surface area contributed by atoms with Gasteiger partial charge < -0.3 is 9.32 Å². The van der Waals surface area contributed by atoms with Gasteiger partial charge in [-0.2, -0.15) is 0 Å². The highest BCUT2D eigenvalue weighted by molar-refractivity contribution is 7.99. The maximum atomic E-state index is 13.1. The smallest absolute Gasteiger partial charge is 0.277 e. The zero-order valence-electron chi connectivity index (χ0n) is 16.1. The molecule has 3 aromatic heterocycles. The van der Waals surface area contributed by atoms with Crippen molar-refractivity contribution in [3.8, 4) is 0 Å². The molecule has 0 saturated carbocycles. The third kappa shape index (κ3) is 4.08. The number of carbonyl (C=O) groups excluding carboxylic acids is 1. The number of thiophene rings is 2. The van der Waals surface area contributed by atoms with Gasteiger partial charge in [0, 0.05) is 16.3 Å². The van der Waals surface area contributed by atoms with Crippen LogP contribution in [0.15, 0.2) is 68.9 Å². The predicted molar refractivity (Wildman–Crippen MR) is 120 cm³/mol. The summed E-state index contributed by atoms with van der Waals surface area (Å²) in [4.78, 5) is 17.7. The van der Waals surface area contributed by atoms with E-state index in [2.05, 4.69) is 33.1 Å². The molecule has 1 aliphatic heterocycles. The molecule has 0 N–H and O–H groups in total. The van der Waals surface area contributed by atoms with E-state index in [9.17, 15) is 4.79 Å². The molecule has 1 atom stereocenters. The summed E-state index contributed by atoms with van der Waals surface area (Å²) in [6, 6.07) is 16.3. The first-order valence-corrected chi connectivity index (χ1v) is 12.4. The Morgan fingerprint density at radius 1 is 1.10 bits per heavy atom. The summed E-state index contributed by atoms with van der Waals surface area (Å²) in [6.45, 7) is 0.735. The van der Waals surface area contributed by atoms with Gasteiger partial charge in [-0.15, -0.1) is 32.9 Å². The summed E-state index contributed by atoms with van der Waals surface area (Å²) in [6.07, 6.45) is 1.50. The van der Waals surface area contributed by atoms with E-state index in [4.69, 9.17) is 4.42 Å². The summed E-state index contributed by atoms with van der Waals surface area (Å²) in [7, 11) is 0. The molecule has 4 heterocycles. The highest BCUT2D eigenvalue weighted by Crippen LogP contribution is 2.39. The number of aromatic nitrogens is 2. The van der Waals surface area contributed by atoms with Gasteiger partial charge in [0.25, 0.3) is 5.22 Å². The van der Waals surface area contributed by atoms with Gasteiger partial charge in [-0.3, -0.25) is 4.79 Å². The highest BCUT2D eigenvalue weighted by atomic mass is 32.2. The van der Waals surface area contributed by atoms with Crippen molar-refractivity contribution in [2.75, 3.05) is 12.3 Å². The van der Waals surface area contributed by atoms with Crippen molar-refractivity contribution in [1.29, 1.82) is 0 Å². The lowest BCUT2D eigenvalue weighted by Crippen LogP contribution is -2.40.